The van der Waals surface area contributed by atoms with Crippen molar-refractivity contribution in [3.8, 4) is 0 Å². The van der Waals surface area contributed by atoms with E-state index >= 15 is 0 Å². The van der Waals surface area contributed by atoms with Crippen molar-refractivity contribution in [3.63, 3.8) is 0 Å². The van der Waals surface area contributed by atoms with Crippen LogP contribution in [0.4, 0.5) is 0 Å². The van der Waals surface area contributed by atoms with Crippen molar-refractivity contribution in [2.24, 2.45) is 5.73 Å². The van der Waals surface area contributed by atoms with Crippen LogP contribution in [0.25, 0.3) is 0 Å². The Hall–Kier alpha value is -1.25. The molecule has 0 heterocycles. The van der Waals surface area contributed by atoms with Crippen LogP contribution in [-0.2, 0) is 32.7 Å². The zero-order valence-electron chi connectivity index (χ0n) is 54.3. The number of phosphoric ester groups is 1. The van der Waals surface area contributed by atoms with Gasteiger partial charge in [-0.3, -0.25) is 18.6 Å². The van der Waals surface area contributed by atoms with Gasteiger partial charge >= 0.3 is 19.8 Å². The smallest absolute Gasteiger partial charge is 0.462 e. The Morgan fingerprint density at radius 2 is 0.605 bits per heavy atom. The summed E-state index contributed by atoms with van der Waals surface area (Å²) in [5.41, 5.74) is 5.40. The first-order chi connectivity index (χ1) is 39.8. The molecule has 0 radical (unpaired) electrons. The molecule has 3 N–H and O–H groups in total. The van der Waals surface area contributed by atoms with Crippen molar-refractivity contribution in [1.82, 2.24) is 0 Å². The van der Waals surface area contributed by atoms with Crippen molar-refractivity contribution in [2.75, 3.05) is 26.4 Å². The molecule has 482 valence electrons. The van der Waals surface area contributed by atoms with Crippen LogP contribution in [0.2, 0.25) is 0 Å². The number of rotatable bonds is 70. The monoisotopic (exact) mass is 1170 g/mol. The molecule has 0 aromatic heterocycles. The minimum absolute atomic E-state index is 0.0566. The number of hydrogen-bond acceptors (Lipinski definition) is 8. The predicted octanol–water partition coefficient (Wildman–Crippen LogP) is 23.5. The Balaban J connectivity index is 3.72. The zero-order valence-corrected chi connectivity index (χ0v) is 55.2. The molecule has 0 saturated heterocycles. The number of unbranched alkanes of at least 4 members (excludes halogenated alkanes) is 55. The molecule has 0 aromatic rings. The highest BCUT2D eigenvalue weighted by Gasteiger charge is 2.26. The molecule has 0 aromatic carbocycles. The van der Waals surface area contributed by atoms with E-state index in [-0.39, 0.29) is 38.6 Å². The molecule has 0 aliphatic rings. The van der Waals surface area contributed by atoms with Gasteiger partial charge in [-0.2, -0.15) is 0 Å². The van der Waals surface area contributed by atoms with Crippen LogP contribution >= 0.6 is 7.82 Å². The summed E-state index contributed by atoms with van der Waals surface area (Å²) in [6.45, 7) is 3.82. The first kappa shape index (κ1) is 79.8. The minimum atomic E-state index is -4.39. The third-order valence-corrected chi connectivity index (χ3v) is 17.6. The van der Waals surface area contributed by atoms with Gasteiger partial charge in [0.25, 0.3) is 0 Å². The lowest BCUT2D eigenvalue weighted by atomic mass is 10.0. The molecule has 10 heteroatoms. The van der Waals surface area contributed by atoms with E-state index < -0.39 is 26.5 Å². The summed E-state index contributed by atoms with van der Waals surface area (Å²) in [4.78, 5) is 35.3. The van der Waals surface area contributed by atoms with Gasteiger partial charge in [0.2, 0.25) is 0 Å². The van der Waals surface area contributed by atoms with Crippen LogP contribution in [0.3, 0.4) is 0 Å². The van der Waals surface area contributed by atoms with Crippen molar-refractivity contribution in [3.05, 3.63) is 12.2 Å². The summed E-state index contributed by atoms with van der Waals surface area (Å²) in [6, 6.07) is 0. The van der Waals surface area contributed by atoms with Gasteiger partial charge in [0.05, 0.1) is 13.2 Å². The van der Waals surface area contributed by atoms with Crippen molar-refractivity contribution < 1.29 is 37.6 Å². The van der Waals surface area contributed by atoms with Gasteiger partial charge in [0.15, 0.2) is 6.10 Å². The second kappa shape index (κ2) is 67.9. The molecule has 9 nitrogen and oxygen atoms in total. The topological polar surface area (TPSA) is 134 Å². The molecule has 0 saturated carbocycles. The number of carbonyl (C=O) groups is 2. The van der Waals surface area contributed by atoms with Crippen LogP contribution < -0.4 is 5.73 Å². The third-order valence-electron chi connectivity index (χ3n) is 16.7. The number of allylic oxidation sites excluding steroid dienone is 2. The lowest BCUT2D eigenvalue weighted by Crippen LogP contribution is -2.29. The SMILES string of the molecule is CCCCCCCCCC/C=C\CCCCCCCCCCCC(=O)OC(COC(=O)CCCCCCCCCCCCCCCCCCCCCCCCCCCCCCCCCCCCCCCCC)COP(=O)(O)OCCN. The van der Waals surface area contributed by atoms with E-state index in [0.29, 0.717) is 6.42 Å². The van der Waals surface area contributed by atoms with E-state index in [0.717, 1.165) is 38.5 Å². The normalized spacial score (nSPS) is 12.9. The minimum Gasteiger partial charge on any atom is -0.462 e. The quantitative estimate of drug-likeness (QED) is 0.0264. The van der Waals surface area contributed by atoms with Crippen LogP contribution in [0, 0.1) is 0 Å². The average molecular weight is 1170 g/mol. The Bertz CT molecular complexity index is 1330. The van der Waals surface area contributed by atoms with Crippen molar-refractivity contribution in [1.29, 1.82) is 0 Å². The van der Waals surface area contributed by atoms with Crippen molar-refractivity contribution in [2.45, 2.75) is 405 Å². The highest BCUT2D eigenvalue weighted by atomic mass is 31.2. The number of nitrogens with two attached hydrogens (primary N) is 1. The second-order valence-corrected chi connectivity index (χ2v) is 26.3. The van der Waals surface area contributed by atoms with Crippen molar-refractivity contribution >= 4 is 19.8 Å². The molecule has 0 bridgehead atoms. The highest BCUT2D eigenvalue weighted by Crippen LogP contribution is 2.43. The number of hydrogen-bond donors (Lipinski definition) is 2. The predicted molar refractivity (Wildman–Crippen MR) is 349 cm³/mol. The van der Waals surface area contributed by atoms with E-state index in [1.807, 2.05) is 0 Å². The van der Waals surface area contributed by atoms with Crippen LogP contribution in [0.1, 0.15) is 399 Å². The van der Waals surface area contributed by atoms with Gasteiger partial charge in [-0.15, -0.1) is 0 Å². The Morgan fingerprint density at radius 1 is 0.358 bits per heavy atom. The summed E-state index contributed by atoms with van der Waals surface area (Å²) in [5, 5.41) is 0. The lowest BCUT2D eigenvalue weighted by Gasteiger charge is -2.19. The fraction of sp³-hybridized carbons (Fsp3) is 0.944. The number of phosphoric acid groups is 1. The zero-order chi connectivity index (χ0) is 58.7. The van der Waals surface area contributed by atoms with Crippen LogP contribution in [0.5, 0.6) is 0 Å². The fourth-order valence-corrected chi connectivity index (χ4v) is 12.1. The molecule has 0 aliphatic carbocycles. The molecule has 2 atom stereocenters. The summed E-state index contributed by atoms with van der Waals surface area (Å²) in [7, 11) is -4.39. The van der Waals surface area contributed by atoms with Gasteiger partial charge in [0.1, 0.15) is 6.61 Å². The highest BCUT2D eigenvalue weighted by molar-refractivity contribution is 7.47. The summed E-state index contributed by atoms with van der Waals surface area (Å²) in [6.07, 6.45) is 82.0. The Morgan fingerprint density at radius 3 is 0.877 bits per heavy atom. The molecule has 81 heavy (non-hydrogen) atoms. The molecule has 2 unspecified atom stereocenters. The molecular formula is C71H140NO8P. The third kappa shape index (κ3) is 67.7. The summed E-state index contributed by atoms with van der Waals surface area (Å²) in [5.74, 6) is -0.806. The van der Waals surface area contributed by atoms with Gasteiger partial charge in [-0.05, 0) is 38.5 Å². The van der Waals surface area contributed by atoms with E-state index in [1.54, 1.807) is 0 Å². The van der Waals surface area contributed by atoms with Crippen LogP contribution in [-0.4, -0.2) is 49.3 Å². The van der Waals surface area contributed by atoms with E-state index in [4.69, 9.17) is 24.3 Å². The number of ether oxygens (including phenoxy) is 2. The first-order valence-electron chi connectivity index (χ1n) is 36.2. The molecular weight excluding hydrogens is 1030 g/mol. The van der Waals surface area contributed by atoms with Gasteiger partial charge < -0.3 is 20.1 Å². The molecule has 0 rings (SSSR count). The standard InChI is InChI=1S/C71H140NO8P/c1-3-5-7-9-11-13-15-17-19-21-23-25-26-27-28-29-30-31-32-33-34-35-36-37-38-39-40-41-42-44-45-47-49-51-53-55-57-59-61-63-70(73)77-67-69(68-79-81(75,76)78-66-65-72)80-71(74)64-62-60-58-56-54-52-50-48-46-43-24-22-20-18-16-14-12-10-8-6-4-2/h22,24,69H,3-21,23,25-68,72H2,1-2H3,(H,75,76)/b24-22-. The van der Waals surface area contributed by atoms with Gasteiger partial charge in [0, 0.05) is 19.4 Å². The van der Waals surface area contributed by atoms with E-state index in [9.17, 15) is 19.0 Å². The number of esters is 2. The van der Waals surface area contributed by atoms with E-state index in [2.05, 4.69) is 26.0 Å². The molecule has 0 fully saturated rings. The summed E-state index contributed by atoms with van der Waals surface area (Å²) < 4.78 is 33.2. The Kier molecular flexibility index (Phi) is 66.8. The molecule has 0 amide bonds. The second-order valence-electron chi connectivity index (χ2n) is 24.8. The molecule has 0 spiro atoms. The average Bonchev–Trinajstić information content (AvgIpc) is 3.46. The van der Waals surface area contributed by atoms with E-state index in [1.165, 1.54) is 327 Å². The lowest BCUT2D eigenvalue weighted by molar-refractivity contribution is -0.161. The largest absolute Gasteiger partial charge is 0.472 e. The fourth-order valence-electron chi connectivity index (χ4n) is 11.3. The maximum atomic E-state index is 12.7. The van der Waals surface area contributed by atoms with Gasteiger partial charge in [-0.1, -0.05) is 360 Å². The van der Waals surface area contributed by atoms with Gasteiger partial charge in [-0.25, -0.2) is 4.57 Å². The first-order valence-corrected chi connectivity index (χ1v) is 37.7. The Labute approximate surface area is 504 Å². The maximum Gasteiger partial charge on any atom is 0.472 e. The maximum absolute atomic E-state index is 12.7. The van der Waals surface area contributed by atoms with Crippen LogP contribution in [0.15, 0.2) is 12.2 Å². The summed E-state index contributed by atoms with van der Waals surface area (Å²) >= 11 is 0. The number of carbonyl (C=O) groups excluding carboxylic acids is 2. The molecule has 0 aliphatic heterocycles.